The molecule has 0 aliphatic carbocycles. The molecular weight excluding hydrogens is 259 g/mol. The Labute approximate surface area is 118 Å². The summed E-state index contributed by atoms with van der Waals surface area (Å²) in [6.07, 6.45) is 1.03. The van der Waals surface area contributed by atoms with Crippen molar-refractivity contribution in [3.8, 4) is 0 Å². The zero-order valence-corrected chi connectivity index (χ0v) is 11.7. The molecule has 2 rings (SSSR count). The predicted octanol–water partition coefficient (Wildman–Crippen LogP) is 2.09. The quantitative estimate of drug-likeness (QED) is 0.917. The van der Waals surface area contributed by atoms with E-state index in [0.717, 1.165) is 6.42 Å². The molecule has 20 heavy (non-hydrogen) atoms. The van der Waals surface area contributed by atoms with Crippen molar-refractivity contribution in [1.29, 1.82) is 0 Å². The molecule has 0 saturated carbocycles. The molecule has 1 aliphatic heterocycles. The van der Waals surface area contributed by atoms with Gasteiger partial charge in [0.05, 0.1) is 5.92 Å². The standard InChI is InChI=1S/C15H19FN2O2/c1-3-10(2)17-15(20)11-7-14(19)18(9-11)13-6-4-5-12(16)8-13/h4-6,8,10-11H,3,7,9H2,1-2H3,(H,17,20). The molecule has 1 N–H and O–H groups in total. The Hall–Kier alpha value is -1.91. The van der Waals surface area contributed by atoms with E-state index in [1.165, 1.54) is 17.0 Å². The summed E-state index contributed by atoms with van der Waals surface area (Å²) in [6.45, 7) is 4.23. The molecule has 1 aromatic carbocycles. The van der Waals surface area contributed by atoms with Crippen LogP contribution in [0.15, 0.2) is 24.3 Å². The van der Waals surface area contributed by atoms with Crippen LogP contribution in [-0.4, -0.2) is 24.4 Å². The van der Waals surface area contributed by atoms with Crippen LogP contribution in [0.1, 0.15) is 26.7 Å². The number of benzene rings is 1. The summed E-state index contributed by atoms with van der Waals surface area (Å²) < 4.78 is 13.2. The molecule has 2 unspecified atom stereocenters. The molecule has 0 bridgehead atoms. The van der Waals surface area contributed by atoms with E-state index in [1.807, 2.05) is 13.8 Å². The van der Waals surface area contributed by atoms with E-state index < -0.39 is 0 Å². The topological polar surface area (TPSA) is 49.4 Å². The molecule has 5 heteroatoms. The monoisotopic (exact) mass is 278 g/mol. The van der Waals surface area contributed by atoms with Crippen LogP contribution >= 0.6 is 0 Å². The molecule has 4 nitrogen and oxygen atoms in total. The molecule has 0 aromatic heterocycles. The lowest BCUT2D eigenvalue weighted by Gasteiger charge is -2.18. The molecule has 108 valence electrons. The van der Waals surface area contributed by atoms with E-state index >= 15 is 0 Å². The normalized spacial score (nSPS) is 20.1. The minimum atomic E-state index is -0.386. The number of carbonyl (C=O) groups is 2. The zero-order chi connectivity index (χ0) is 14.7. The highest BCUT2D eigenvalue weighted by atomic mass is 19.1. The van der Waals surface area contributed by atoms with Gasteiger partial charge in [-0.25, -0.2) is 4.39 Å². The molecule has 2 amide bonds. The average Bonchev–Trinajstić information content (AvgIpc) is 2.80. The summed E-state index contributed by atoms with van der Waals surface area (Å²) in [5.41, 5.74) is 0.508. The SMILES string of the molecule is CCC(C)NC(=O)C1CC(=O)N(c2cccc(F)c2)C1. The lowest BCUT2D eigenvalue weighted by atomic mass is 10.1. The van der Waals surface area contributed by atoms with Crippen LogP contribution in [0.2, 0.25) is 0 Å². The average molecular weight is 278 g/mol. The molecule has 1 aromatic rings. The summed E-state index contributed by atoms with van der Waals surface area (Å²) in [6, 6.07) is 5.98. The minimum Gasteiger partial charge on any atom is -0.353 e. The smallest absolute Gasteiger partial charge is 0.227 e. The number of nitrogens with one attached hydrogen (secondary N) is 1. The van der Waals surface area contributed by atoms with Crippen molar-refractivity contribution < 1.29 is 14.0 Å². The first kappa shape index (κ1) is 14.5. The Kier molecular flexibility index (Phi) is 4.37. The first-order valence-electron chi connectivity index (χ1n) is 6.87. The second-order valence-electron chi connectivity index (χ2n) is 5.20. The van der Waals surface area contributed by atoms with Crippen LogP contribution < -0.4 is 10.2 Å². The van der Waals surface area contributed by atoms with Crippen LogP contribution in [-0.2, 0) is 9.59 Å². The predicted molar refractivity (Wildman–Crippen MR) is 74.8 cm³/mol. The van der Waals surface area contributed by atoms with Crippen LogP contribution in [0.25, 0.3) is 0 Å². The maximum Gasteiger partial charge on any atom is 0.227 e. The van der Waals surface area contributed by atoms with Crippen molar-refractivity contribution in [2.24, 2.45) is 5.92 Å². The maximum absolute atomic E-state index is 13.2. The number of rotatable bonds is 4. The van der Waals surface area contributed by atoms with Gasteiger partial charge < -0.3 is 10.2 Å². The van der Waals surface area contributed by atoms with Crippen molar-refractivity contribution in [3.63, 3.8) is 0 Å². The second-order valence-corrected chi connectivity index (χ2v) is 5.20. The van der Waals surface area contributed by atoms with Gasteiger partial charge in [-0.15, -0.1) is 0 Å². The van der Waals surface area contributed by atoms with Gasteiger partial charge in [0.25, 0.3) is 0 Å². The van der Waals surface area contributed by atoms with E-state index in [9.17, 15) is 14.0 Å². The number of carbonyl (C=O) groups excluding carboxylic acids is 2. The van der Waals surface area contributed by atoms with Gasteiger partial charge in [-0.3, -0.25) is 9.59 Å². The third-order valence-corrected chi connectivity index (χ3v) is 3.62. The molecular formula is C15H19FN2O2. The summed E-state index contributed by atoms with van der Waals surface area (Å²) >= 11 is 0. The zero-order valence-electron chi connectivity index (χ0n) is 11.7. The molecule has 2 atom stereocenters. The van der Waals surface area contributed by atoms with Gasteiger partial charge in [0.2, 0.25) is 11.8 Å². The summed E-state index contributed by atoms with van der Waals surface area (Å²) in [7, 11) is 0. The van der Waals surface area contributed by atoms with Crippen molar-refractivity contribution in [1.82, 2.24) is 5.32 Å². The molecule has 1 heterocycles. The largest absolute Gasteiger partial charge is 0.353 e. The Morgan fingerprint density at radius 3 is 2.95 bits per heavy atom. The van der Waals surface area contributed by atoms with E-state index in [4.69, 9.17) is 0 Å². The fraction of sp³-hybridized carbons (Fsp3) is 0.467. The molecule has 0 radical (unpaired) electrons. The molecule has 1 fully saturated rings. The molecule has 0 spiro atoms. The third kappa shape index (κ3) is 3.15. The first-order chi connectivity index (χ1) is 9.51. The lowest BCUT2D eigenvalue weighted by Crippen LogP contribution is -2.38. The first-order valence-corrected chi connectivity index (χ1v) is 6.87. The molecule has 1 aliphatic rings. The Bertz CT molecular complexity index is 518. The lowest BCUT2D eigenvalue weighted by molar-refractivity contribution is -0.126. The Morgan fingerprint density at radius 1 is 1.55 bits per heavy atom. The van der Waals surface area contributed by atoms with Crippen molar-refractivity contribution in [2.45, 2.75) is 32.7 Å². The third-order valence-electron chi connectivity index (χ3n) is 3.62. The number of halogens is 1. The summed E-state index contributed by atoms with van der Waals surface area (Å²) in [5.74, 6) is -0.992. The summed E-state index contributed by atoms with van der Waals surface area (Å²) in [5, 5.41) is 2.88. The van der Waals surface area contributed by atoms with Gasteiger partial charge >= 0.3 is 0 Å². The van der Waals surface area contributed by atoms with Crippen molar-refractivity contribution in [3.05, 3.63) is 30.1 Å². The fourth-order valence-electron chi connectivity index (χ4n) is 2.24. The number of anilines is 1. The van der Waals surface area contributed by atoms with Crippen LogP contribution in [0.4, 0.5) is 10.1 Å². The number of nitrogens with zero attached hydrogens (tertiary/aromatic N) is 1. The van der Waals surface area contributed by atoms with Gasteiger partial charge in [-0.2, -0.15) is 0 Å². The van der Waals surface area contributed by atoms with E-state index in [2.05, 4.69) is 5.32 Å². The molecule has 1 saturated heterocycles. The number of hydrogen-bond acceptors (Lipinski definition) is 2. The maximum atomic E-state index is 13.2. The summed E-state index contributed by atoms with van der Waals surface area (Å²) in [4.78, 5) is 25.5. The van der Waals surface area contributed by atoms with Crippen LogP contribution in [0.3, 0.4) is 0 Å². The van der Waals surface area contributed by atoms with Crippen LogP contribution in [0, 0.1) is 11.7 Å². The van der Waals surface area contributed by atoms with Gasteiger partial charge in [-0.1, -0.05) is 13.0 Å². The number of amides is 2. The highest BCUT2D eigenvalue weighted by molar-refractivity contribution is 6.00. The Morgan fingerprint density at radius 2 is 2.30 bits per heavy atom. The Balaban J connectivity index is 2.05. The van der Waals surface area contributed by atoms with E-state index in [1.54, 1.807) is 12.1 Å². The van der Waals surface area contributed by atoms with Gasteiger partial charge in [-0.05, 0) is 31.5 Å². The number of hydrogen-bond donors (Lipinski definition) is 1. The minimum absolute atomic E-state index is 0.0980. The second kappa shape index (κ2) is 6.03. The van der Waals surface area contributed by atoms with Crippen LogP contribution in [0.5, 0.6) is 0 Å². The van der Waals surface area contributed by atoms with Gasteiger partial charge in [0.1, 0.15) is 5.82 Å². The van der Waals surface area contributed by atoms with Crippen molar-refractivity contribution in [2.75, 3.05) is 11.4 Å². The highest BCUT2D eigenvalue weighted by Gasteiger charge is 2.35. The van der Waals surface area contributed by atoms with E-state index in [-0.39, 0.29) is 36.0 Å². The van der Waals surface area contributed by atoms with Gasteiger partial charge in [0.15, 0.2) is 0 Å². The van der Waals surface area contributed by atoms with Crippen molar-refractivity contribution >= 4 is 17.5 Å². The van der Waals surface area contributed by atoms with E-state index in [0.29, 0.717) is 12.2 Å². The van der Waals surface area contributed by atoms with Gasteiger partial charge in [0, 0.05) is 24.7 Å². The highest BCUT2D eigenvalue weighted by Crippen LogP contribution is 2.25. The fourth-order valence-corrected chi connectivity index (χ4v) is 2.24.